The van der Waals surface area contributed by atoms with Crippen LogP contribution in [0.2, 0.25) is 0 Å². The molecule has 3 rings (SSSR count). The molecule has 1 aliphatic heterocycles. The van der Waals surface area contributed by atoms with Gasteiger partial charge in [0.05, 0.1) is 16.8 Å². The fraction of sp³-hybridized carbons (Fsp3) is 0.750. The number of aliphatic hydroxyl groups excluding tert-OH is 1. The number of nitrogens with zero attached hydrogens (tertiary/aromatic N) is 3. The monoisotopic (exact) mass is 323 g/mol. The van der Waals surface area contributed by atoms with Gasteiger partial charge in [0.25, 0.3) is 5.91 Å². The Morgan fingerprint density at radius 2 is 2.05 bits per heavy atom. The van der Waals surface area contributed by atoms with Gasteiger partial charge < -0.3 is 10.0 Å². The van der Waals surface area contributed by atoms with Crippen LogP contribution in [0.15, 0.2) is 0 Å². The quantitative estimate of drug-likeness (QED) is 0.919. The summed E-state index contributed by atoms with van der Waals surface area (Å²) in [5.41, 5.74) is 0.862. The number of piperazine rings is 1. The Morgan fingerprint density at radius 1 is 1.32 bits per heavy atom. The van der Waals surface area contributed by atoms with Crippen LogP contribution in [-0.4, -0.2) is 64.1 Å². The van der Waals surface area contributed by atoms with Crippen LogP contribution in [0.25, 0.3) is 0 Å². The molecule has 0 bridgehead atoms. The highest BCUT2D eigenvalue weighted by Crippen LogP contribution is 2.26. The first-order chi connectivity index (χ1) is 10.6. The second-order valence-electron chi connectivity index (χ2n) is 6.27. The topological polar surface area (TPSA) is 56.7 Å². The molecule has 1 aromatic heterocycles. The maximum Gasteiger partial charge on any atom is 0.265 e. The molecule has 2 fully saturated rings. The lowest BCUT2D eigenvalue weighted by atomic mass is 10.1. The average Bonchev–Trinajstić information content (AvgIpc) is 3.12. The highest BCUT2D eigenvalue weighted by molar-refractivity contribution is 7.13. The fourth-order valence-electron chi connectivity index (χ4n) is 3.55. The predicted molar refractivity (Wildman–Crippen MR) is 87.4 cm³/mol. The van der Waals surface area contributed by atoms with Crippen molar-refractivity contribution < 1.29 is 9.90 Å². The van der Waals surface area contributed by atoms with E-state index in [1.807, 2.05) is 11.8 Å². The van der Waals surface area contributed by atoms with Gasteiger partial charge >= 0.3 is 0 Å². The minimum atomic E-state index is -0.182. The Labute approximate surface area is 135 Å². The Hall–Kier alpha value is -0.980. The van der Waals surface area contributed by atoms with E-state index in [-0.39, 0.29) is 12.0 Å². The molecule has 22 heavy (non-hydrogen) atoms. The van der Waals surface area contributed by atoms with E-state index in [9.17, 15) is 9.90 Å². The van der Waals surface area contributed by atoms with Crippen molar-refractivity contribution in [3.63, 3.8) is 0 Å². The molecule has 0 spiro atoms. The first-order valence-electron chi connectivity index (χ1n) is 8.27. The maximum atomic E-state index is 12.7. The summed E-state index contributed by atoms with van der Waals surface area (Å²) < 4.78 is 0. The molecule has 1 aromatic rings. The van der Waals surface area contributed by atoms with Crippen molar-refractivity contribution in [1.29, 1.82) is 0 Å². The van der Waals surface area contributed by atoms with E-state index in [2.05, 4.69) is 16.8 Å². The van der Waals surface area contributed by atoms with Gasteiger partial charge in [-0.25, -0.2) is 4.98 Å². The van der Waals surface area contributed by atoms with E-state index in [1.54, 1.807) is 0 Å². The zero-order valence-corrected chi connectivity index (χ0v) is 14.2. The summed E-state index contributed by atoms with van der Waals surface area (Å²) >= 11 is 1.53. The van der Waals surface area contributed by atoms with E-state index in [4.69, 9.17) is 0 Å². The molecule has 2 aliphatic rings. The van der Waals surface area contributed by atoms with Gasteiger partial charge in [0.15, 0.2) is 0 Å². The summed E-state index contributed by atoms with van der Waals surface area (Å²) in [5, 5.41) is 11.1. The zero-order chi connectivity index (χ0) is 15.7. The van der Waals surface area contributed by atoms with Gasteiger partial charge in [0, 0.05) is 32.2 Å². The molecular formula is C16H25N3O2S. The van der Waals surface area contributed by atoms with Crippen molar-refractivity contribution in [3.8, 4) is 0 Å². The van der Waals surface area contributed by atoms with Crippen molar-refractivity contribution in [2.45, 2.75) is 51.7 Å². The number of hydrogen-bond donors (Lipinski definition) is 1. The zero-order valence-electron chi connectivity index (χ0n) is 13.4. The lowest BCUT2D eigenvalue weighted by molar-refractivity contribution is 0.0317. The van der Waals surface area contributed by atoms with Crippen LogP contribution in [0.5, 0.6) is 0 Å². The molecule has 1 saturated carbocycles. The average molecular weight is 323 g/mol. The second-order valence-corrected chi connectivity index (χ2v) is 7.35. The number of thiazole rings is 1. The second kappa shape index (κ2) is 6.64. The van der Waals surface area contributed by atoms with Crippen molar-refractivity contribution in [1.82, 2.24) is 14.8 Å². The van der Waals surface area contributed by atoms with E-state index >= 15 is 0 Å². The van der Waals surface area contributed by atoms with Gasteiger partial charge in [0.2, 0.25) is 0 Å². The van der Waals surface area contributed by atoms with Crippen LogP contribution >= 0.6 is 11.3 Å². The molecule has 1 amide bonds. The van der Waals surface area contributed by atoms with Crippen molar-refractivity contribution in [3.05, 3.63) is 15.6 Å². The summed E-state index contributed by atoms with van der Waals surface area (Å²) in [4.78, 5) is 22.2. The van der Waals surface area contributed by atoms with Gasteiger partial charge in [0.1, 0.15) is 4.88 Å². The first-order valence-corrected chi connectivity index (χ1v) is 9.09. The maximum absolute atomic E-state index is 12.7. The Morgan fingerprint density at radius 3 is 2.59 bits per heavy atom. The molecule has 1 N–H and O–H groups in total. The lowest BCUT2D eigenvalue weighted by Crippen LogP contribution is -2.53. The number of aliphatic hydroxyl groups is 1. The molecule has 0 aromatic carbocycles. The fourth-order valence-corrected chi connectivity index (χ4v) is 4.52. The molecular weight excluding hydrogens is 298 g/mol. The summed E-state index contributed by atoms with van der Waals surface area (Å²) in [6.07, 6.45) is 3.82. The number of carbonyl (C=O) groups excluding carboxylic acids is 1. The summed E-state index contributed by atoms with van der Waals surface area (Å²) in [5.74, 6) is 0.126. The standard InChI is InChI=1S/C16H25N3O2S/c1-3-14-17-11(2)15(22-14)16(21)19-9-7-18(8-10-19)12-5-4-6-13(12)20/h12-13,20H,3-10H2,1-2H3/t12-,13-/m0/s1. The molecule has 122 valence electrons. The highest BCUT2D eigenvalue weighted by atomic mass is 32.1. The van der Waals surface area contributed by atoms with Gasteiger partial charge in [-0.05, 0) is 32.6 Å². The normalized spacial score (nSPS) is 26.6. The third kappa shape index (κ3) is 3.05. The summed E-state index contributed by atoms with van der Waals surface area (Å²) in [7, 11) is 0. The Kier molecular flexibility index (Phi) is 4.80. The van der Waals surface area contributed by atoms with Crippen LogP contribution in [-0.2, 0) is 6.42 Å². The smallest absolute Gasteiger partial charge is 0.265 e. The Balaban J connectivity index is 1.61. The third-order valence-corrected chi connectivity index (χ3v) is 6.14. The summed E-state index contributed by atoms with van der Waals surface area (Å²) in [6.45, 7) is 7.23. The molecule has 0 unspecified atom stereocenters. The van der Waals surface area contributed by atoms with Gasteiger partial charge in [-0.15, -0.1) is 11.3 Å². The number of hydrogen-bond acceptors (Lipinski definition) is 5. The minimum Gasteiger partial charge on any atom is -0.391 e. The molecule has 0 radical (unpaired) electrons. The van der Waals surface area contributed by atoms with E-state index < -0.39 is 0 Å². The van der Waals surface area contributed by atoms with Crippen LogP contribution in [0, 0.1) is 6.92 Å². The van der Waals surface area contributed by atoms with Gasteiger partial charge in [-0.1, -0.05) is 6.92 Å². The molecule has 1 aliphatic carbocycles. The molecule has 5 nitrogen and oxygen atoms in total. The molecule has 2 atom stereocenters. The van der Waals surface area contributed by atoms with Crippen LogP contribution in [0.3, 0.4) is 0 Å². The SMILES string of the molecule is CCc1nc(C)c(C(=O)N2CCN([C@H]3CCC[C@@H]3O)CC2)s1. The van der Waals surface area contributed by atoms with Crippen molar-refractivity contribution >= 4 is 17.2 Å². The number of rotatable bonds is 3. The van der Waals surface area contributed by atoms with Gasteiger partial charge in [-0.2, -0.15) is 0 Å². The molecule has 1 saturated heterocycles. The molecule has 6 heteroatoms. The first kappa shape index (κ1) is 15.9. The minimum absolute atomic E-state index is 0.126. The van der Waals surface area contributed by atoms with Gasteiger partial charge in [-0.3, -0.25) is 9.69 Å². The van der Waals surface area contributed by atoms with E-state index in [0.717, 1.165) is 67.4 Å². The van der Waals surface area contributed by atoms with Crippen molar-refractivity contribution in [2.24, 2.45) is 0 Å². The predicted octanol–water partition coefficient (Wildman–Crippen LogP) is 1.69. The number of amides is 1. The van der Waals surface area contributed by atoms with Crippen molar-refractivity contribution in [2.75, 3.05) is 26.2 Å². The molecule has 2 heterocycles. The van der Waals surface area contributed by atoms with Crippen LogP contribution in [0.4, 0.5) is 0 Å². The largest absolute Gasteiger partial charge is 0.391 e. The number of aryl methyl sites for hydroxylation is 2. The summed E-state index contributed by atoms with van der Waals surface area (Å²) in [6, 6.07) is 0.300. The number of carbonyl (C=O) groups is 1. The lowest BCUT2D eigenvalue weighted by Gasteiger charge is -2.39. The van der Waals surface area contributed by atoms with Crippen LogP contribution in [0.1, 0.15) is 46.6 Å². The number of aromatic nitrogens is 1. The highest BCUT2D eigenvalue weighted by Gasteiger charge is 2.34. The van der Waals surface area contributed by atoms with Crippen LogP contribution < -0.4 is 0 Å². The van der Waals surface area contributed by atoms with E-state index in [0.29, 0.717) is 6.04 Å². The Bertz CT molecular complexity index is 537. The van der Waals surface area contributed by atoms with E-state index in [1.165, 1.54) is 11.3 Å². The third-order valence-electron chi connectivity index (χ3n) is 4.85.